The zero-order valence-electron chi connectivity index (χ0n) is 10.7. The zero-order valence-corrected chi connectivity index (χ0v) is 10.7. The molecule has 0 radical (unpaired) electrons. The van der Waals surface area contributed by atoms with E-state index in [2.05, 4.69) is 18.7 Å². The molecule has 2 heteroatoms. The van der Waals surface area contributed by atoms with Crippen LogP contribution in [0.4, 0.5) is 0 Å². The van der Waals surface area contributed by atoms with Gasteiger partial charge in [0.2, 0.25) is 5.91 Å². The number of nitrogens with zero attached hydrogens (tertiary/aromatic N) is 1. The van der Waals surface area contributed by atoms with Gasteiger partial charge in [-0.1, -0.05) is 13.8 Å². The lowest BCUT2D eigenvalue weighted by Gasteiger charge is -2.39. The van der Waals surface area contributed by atoms with E-state index in [0.29, 0.717) is 11.9 Å². The summed E-state index contributed by atoms with van der Waals surface area (Å²) in [5.41, 5.74) is 0. The van der Waals surface area contributed by atoms with Gasteiger partial charge in [-0.05, 0) is 50.4 Å². The Morgan fingerprint density at radius 1 is 1.12 bits per heavy atom. The molecule has 0 spiro atoms. The van der Waals surface area contributed by atoms with Gasteiger partial charge in [0.05, 0.1) is 0 Å². The Labute approximate surface area is 99.4 Å². The van der Waals surface area contributed by atoms with E-state index < -0.39 is 0 Å². The summed E-state index contributed by atoms with van der Waals surface area (Å²) in [6.45, 7) is 5.68. The van der Waals surface area contributed by atoms with Crippen LogP contribution in [0.25, 0.3) is 0 Å². The third kappa shape index (κ3) is 2.58. The first-order chi connectivity index (χ1) is 7.68. The van der Waals surface area contributed by atoms with Gasteiger partial charge in [0.25, 0.3) is 0 Å². The summed E-state index contributed by atoms with van der Waals surface area (Å²) in [6, 6.07) is 0.572. The fourth-order valence-corrected chi connectivity index (χ4v) is 3.29. The molecule has 1 saturated heterocycles. The van der Waals surface area contributed by atoms with Crippen molar-refractivity contribution in [3.8, 4) is 0 Å². The summed E-state index contributed by atoms with van der Waals surface area (Å²) in [7, 11) is 0. The van der Waals surface area contributed by atoms with E-state index in [-0.39, 0.29) is 0 Å². The van der Waals surface area contributed by atoms with Gasteiger partial charge < -0.3 is 4.90 Å². The topological polar surface area (TPSA) is 20.3 Å². The highest BCUT2D eigenvalue weighted by molar-refractivity contribution is 5.77. The van der Waals surface area contributed by atoms with Crippen LogP contribution in [0.3, 0.4) is 0 Å². The number of hydrogen-bond donors (Lipinski definition) is 0. The fourth-order valence-electron chi connectivity index (χ4n) is 3.29. The molecule has 92 valence electrons. The Hall–Kier alpha value is -0.530. The number of rotatable bonds is 2. The molecule has 0 atom stereocenters. The van der Waals surface area contributed by atoms with E-state index >= 15 is 0 Å². The van der Waals surface area contributed by atoms with Gasteiger partial charge in [0.15, 0.2) is 0 Å². The Morgan fingerprint density at radius 2 is 1.81 bits per heavy atom. The minimum Gasteiger partial charge on any atom is -0.340 e. The molecule has 2 aliphatic rings. The largest absolute Gasteiger partial charge is 0.340 e. The van der Waals surface area contributed by atoms with Gasteiger partial charge in [-0.3, -0.25) is 4.79 Å². The molecule has 1 aliphatic carbocycles. The smallest absolute Gasteiger partial charge is 0.222 e. The van der Waals surface area contributed by atoms with Gasteiger partial charge in [-0.25, -0.2) is 0 Å². The minimum absolute atomic E-state index is 0.416. The average molecular weight is 223 g/mol. The summed E-state index contributed by atoms with van der Waals surface area (Å²) in [4.78, 5) is 14.0. The average Bonchev–Trinajstić information content (AvgIpc) is 2.30. The third-order valence-corrected chi connectivity index (χ3v) is 4.48. The highest BCUT2D eigenvalue weighted by Gasteiger charge is 2.30. The first-order valence-corrected chi connectivity index (χ1v) is 6.98. The van der Waals surface area contributed by atoms with Crippen LogP contribution in [0.1, 0.15) is 58.8 Å². The van der Waals surface area contributed by atoms with Crippen molar-refractivity contribution < 1.29 is 4.79 Å². The SMILES string of the molecule is CC(C)[C@H]1CC[C@H](N2CCCCC2=O)CC1. The highest BCUT2D eigenvalue weighted by Crippen LogP contribution is 2.33. The molecule has 0 unspecified atom stereocenters. The lowest BCUT2D eigenvalue weighted by molar-refractivity contribution is -0.136. The summed E-state index contributed by atoms with van der Waals surface area (Å²) in [5, 5.41) is 0. The third-order valence-electron chi connectivity index (χ3n) is 4.48. The minimum atomic E-state index is 0.416. The molecule has 0 N–H and O–H groups in total. The second kappa shape index (κ2) is 5.20. The standard InChI is InChI=1S/C14H25NO/c1-11(2)12-6-8-13(9-7-12)15-10-4-3-5-14(15)16/h11-13H,3-10H2,1-2H3/t12-,13-. The van der Waals surface area contributed by atoms with Gasteiger partial charge in [-0.15, -0.1) is 0 Å². The van der Waals surface area contributed by atoms with Crippen molar-refractivity contribution in [1.82, 2.24) is 4.90 Å². The molecule has 0 aromatic heterocycles. The number of likely N-dealkylation sites (tertiary alicyclic amines) is 1. The van der Waals surface area contributed by atoms with Crippen LogP contribution in [0.5, 0.6) is 0 Å². The van der Waals surface area contributed by atoms with Crippen molar-refractivity contribution in [3.63, 3.8) is 0 Å². The lowest BCUT2D eigenvalue weighted by Crippen LogP contribution is -2.45. The van der Waals surface area contributed by atoms with Crippen molar-refractivity contribution in [3.05, 3.63) is 0 Å². The van der Waals surface area contributed by atoms with E-state index in [9.17, 15) is 4.79 Å². The Balaban J connectivity index is 1.86. The van der Waals surface area contributed by atoms with Crippen molar-refractivity contribution >= 4 is 5.91 Å². The first-order valence-electron chi connectivity index (χ1n) is 6.98. The van der Waals surface area contributed by atoms with E-state index in [1.165, 1.54) is 32.1 Å². The monoisotopic (exact) mass is 223 g/mol. The van der Waals surface area contributed by atoms with Crippen LogP contribution >= 0.6 is 0 Å². The van der Waals surface area contributed by atoms with Crippen LogP contribution in [0.2, 0.25) is 0 Å². The molecule has 2 fully saturated rings. The molecular formula is C14H25NO. The number of carbonyl (C=O) groups is 1. The molecule has 0 aromatic carbocycles. The summed E-state index contributed by atoms with van der Waals surface area (Å²) >= 11 is 0. The maximum atomic E-state index is 11.8. The Bertz CT molecular complexity index is 241. The Kier molecular flexibility index (Phi) is 3.88. The van der Waals surface area contributed by atoms with Crippen molar-refractivity contribution in [2.45, 2.75) is 64.8 Å². The Morgan fingerprint density at radius 3 is 2.38 bits per heavy atom. The second-order valence-electron chi connectivity index (χ2n) is 5.86. The van der Waals surface area contributed by atoms with E-state index in [0.717, 1.165) is 31.2 Å². The summed E-state index contributed by atoms with van der Waals surface area (Å²) in [6.07, 6.45) is 8.26. The fraction of sp³-hybridized carbons (Fsp3) is 0.929. The highest BCUT2D eigenvalue weighted by atomic mass is 16.2. The lowest BCUT2D eigenvalue weighted by atomic mass is 9.79. The van der Waals surface area contributed by atoms with Gasteiger partial charge in [0.1, 0.15) is 0 Å². The van der Waals surface area contributed by atoms with Crippen molar-refractivity contribution in [2.24, 2.45) is 11.8 Å². The predicted molar refractivity (Wildman–Crippen MR) is 66.1 cm³/mol. The summed E-state index contributed by atoms with van der Waals surface area (Å²) < 4.78 is 0. The second-order valence-corrected chi connectivity index (χ2v) is 5.86. The quantitative estimate of drug-likeness (QED) is 0.704. The van der Waals surface area contributed by atoms with Crippen LogP contribution < -0.4 is 0 Å². The number of carbonyl (C=O) groups excluding carboxylic acids is 1. The summed E-state index contributed by atoms with van der Waals surface area (Å²) in [5.74, 6) is 2.13. The molecular weight excluding hydrogens is 198 g/mol. The molecule has 2 rings (SSSR count). The maximum Gasteiger partial charge on any atom is 0.222 e. The predicted octanol–water partition coefficient (Wildman–Crippen LogP) is 3.21. The van der Waals surface area contributed by atoms with Gasteiger partial charge in [0, 0.05) is 19.0 Å². The number of piperidine rings is 1. The number of hydrogen-bond acceptors (Lipinski definition) is 1. The number of amides is 1. The van der Waals surface area contributed by atoms with Gasteiger partial charge in [-0.2, -0.15) is 0 Å². The van der Waals surface area contributed by atoms with Crippen LogP contribution in [-0.2, 0) is 4.79 Å². The molecule has 1 heterocycles. The molecule has 1 aliphatic heterocycles. The molecule has 2 nitrogen and oxygen atoms in total. The molecule has 16 heavy (non-hydrogen) atoms. The zero-order chi connectivity index (χ0) is 11.5. The van der Waals surface area contributed by atoms with E-state index in [1.54, 1.807) is 0 Å². The molecule has 0 aromatic rings. The maximum absolute atomic E-state index is 11.8. The van der Waals surface area contributed by atoms with Crippen LogP contribution in [-0.4, -0.2) is 23.4 Å². The molecule has 0 bridgehead atoms. The van der Waals surface area contributed by atoms with Crippen LogP contribution in [0, 0.1) is 11.8 Å². The van der Waals surface area contributed by atoms with Crippen LogP contribution in [0.15, 0.2) is 0 Å². The first kappa shape index (κ1) is 11.9. The van der Waals surface area contributed by atoms with E-state index in [1.807, 2.05) is 0 Å². The van der Waals surface area contributed by atoms with Gasteiger partial charge >= 0.3 is 0 Å². The van der Waals surface area contributed by atoms with Crippen molar-refractivity contribution in [2.75, 3.05) is 6.54 Å². The van der Waals surface area contributed by atoms with Crippen molar-refractivity contribution in [1.29, 1.82) is 0 Å². The molecule has 1 amide bonds. The molecule has 1 saturated carbocycles. The normalized spacial score (nSPS) is 32.2. The van der Waals surface area contributed by atoms with E-state index in [4.69, 9.17) is 0 Å².